The fourth-order valence-corrected chi connectivity index (χ4v) is 4.84. The van der Waals surface area contributed by atoms with E-state index in [4.69, 9.17) is 14.6 Å². The summed E-state index contributed by atoms with van der Waals surface area (Å²) in [5, 5.41) is 19.4. The van der Waals surface area contributed by atoms with Gasteiger partial charge in [0.05, 0.1) is 23.7 Å². The first-order chi connectivity index (χ1) is 13.6. The molecule has 7 heteroatoms. The highest BCUT2D eigenvalue weighted by Crippen LogP contribution is 2.49. The van der Waals surface area contributed by atoms with Crippen LogP contribution < -0.4 is 9.47 Å². The van der Waals surface area contributed by atoms with E-state index >= 15 is 0 Å². The van der Waals surface area contributed by atoms with Crippen molar-refractivity contribution in [2.24, 2.45) is 5.10 Å². The standard InChI is InChI=1S/C21H17BrN2O3S/c1-26-13-5-6-18(25)14(10-13)16-11-17-15-9-12(22)4-7-19(15)27-21(24(17)23-16)20-3-2-8-28-20/h2-10,17,21,25H,11H2,1H3/t17-,21-/m1/s1. The molecule has 0 aliphatic carbocycles. The summed E-state index contributed by atoms with van der Waals surface area (Å²) in [6, 6.07) is 15.4. The van der Waals surface area contributed by atoms with Gasteiger partial charge in [-0.05, 0) is 47.8 Å². The molecule has 0 unspecified atom stereocenters. The Morgan fingerprint density at radius 2 is 2.14 bits per heavy atom. The van der Waals surface area contributed by atoms with E-state index in [0.717, 1.165) is 26.4 Å². The Morgan fingerprint density at radius 3 is 2.93 bits per heavy atom. The van der Waals surface area contributed by atoms with E-state index in [0.29, 0.717) is 17.7 Å². The van der Waals surface area contributed by atoms with Gasteiger partial charge >= 0.3 is 0 Å². The molecule has 2 aliphatic heterocycles. The van der Waals surface area contributed by atoms with Gasteiger partial charge in [-0.25, -0.2) is 5.01 Å². The molecule has 3 heterocycles. The number of thiophene rings is 1. The maximum atomic E-state index is 10.4. The number of hydrazone groups is 1. The number of ether oxygens (including phenoxy) is 2. The van der Waals surface area contributed by atoms with E-state index in [2.05, 4.69) is 28.1 Å². The summed E-state index contributed by atoms with van der Waals surface area (Å²) >= 11 is 5.21. The minimum Gasteiger partial charge on any atom is -0.507 e. The maximum Gasteiger partial charge on any atom is 0.222 e. The summed E-state index contributed by atoms with van der Waals surface area (Å²) in [5.41, 5.74) is 2.60. The molecule has 5 nitrogen and oxygen atoms in total. The van der Waals surface area contributed by atoms with E-state index in [1.807, 2.05) is 34.7 Å². The Balaban J connectivity index is 1.61. The SMILES string of the molecule is COc1ccc(O)c(C2=NN3[C@H](C2)c2cc(Br)ccc2O[C@@H]3c2cccs2)c1. The average molecular weight is 457 g/mol. The van der Waals surface area contributed by atoms with Gasteiger partial charge in [0.1, 0.15) is 17.2 Å². The molecule has 0 bridgehead atoms. The molecular formula is C21H17BrN2O3S. The van der Waals surface area contributed by atoms with Gasteiger partial charge in [-0.1, -0.05) is 22.0 Å². The zero-order valence-corrected chi connectivity index (χ0v) is 17.4. The number of phenolic OH excluding ortho intramolecular Hbond substituents is 1. The van der Waals surface area contributed by atoms with Crippen molar-refractivity contribution in [3.8, 4) is 17.2 Å². The van der Waals surface area contributed by atoms with Crippen LogP contribution in [-0.4, -0.2) is 22.9 Å². The molecule has 1 N–H and O–H groups in total. The molecule has 0 saturated carbocycles. The van der Waals surface area contributed by atoms with Gasteiger partial charge < -0.3 is 14.6 Å². The van der Waals surface area contributed by atoms with E-state index < -0.39 is 0 Å². The first kappa shape index (κ1) is 17.6. The fraction of sp³-hybridized carbons (Fsp3) is 0.190. The van der Waals surface area contributed by atoms with Crippen molar-refractivity contribution in [1.29, 1.82) is 0 Å². The number of rotatable bonds is 3. The van der Waals surface area contributed by atoms with Crippen LogP contribution in [0.3, 0.4) is 0 Å². The van der Waals surface area contributed by atoms with Crippen LogP contribution in [0.1, 0.15) is 34.7 Å². The van der Waals surface area contributed by atoms with Gasteiger partial charge in [0, 0.05) is 22.0 Å². The third kappa shape index (κ3) is 2.86. The molecule has 2 atom stereocenters. The third-order valence-electron chi connectivity index (χ3n) is 5.05. The van der Waals surface area contributed by atoms with E-state index in [-0.39, 0.29) is 18.0 Å². The number of phenols is 1. The van der Waals surface area contributed by atoms with Crippen molar-refractivity contribution in [3.63, 3.8) is 0 Å². The highest BCUT2D eigenvalue weighted by molar-refractivity contribution is 9.10. The lowest BCUT2D eigenvalue weighted by atomic mass is 9.96. The molecule has 3 aromatic rings. The molecule has 5 rings (SSSR count). The molecule has 1 aromatic heterocycles. The number of halogens is 1. The van der Waals surface area contributed by atoms with Crippen molar-refractivity contribution >= 4 is 33.0 Å². The number of hydrogen-bond donors (Lipinski definition) is 1. The summed E-state index contributed by atoms with van der Waals surface area (Å²) in [5.74, 6) is 1.76. The van der Waals surface area contributed by atoms with Crippen LogP contribution in [0.2, 0.25) is 0 Å². The van der Waals surface area contributed by atoms with Crippen molar-refractivity contribution in [1.82, 2.24) is 5.01 Å². The Morgan fingerprint density at radius 1 is 1.25 bits per heavy atom. The monoisotopic (exact) mass is 456 g/mol. The highest BCUT2D eigenvalue weighted by atomic mass is 79.9. The normalized spacial score (nSPS) is 20.2. The minimum absolute atomic E-state index is 0.0361. The molecule has 0 radical (unpaired) electrons. The van der Waals surface area contributed by atoms with Crippen molar-refractivity contribution < 1.29 is 14.6 Å². The first-order valence-corrected chi connectivity index (χ1v) is 10.5. The molecule has 2 aliphatic rings. The quantitative estimate of drug-likeness (QED) is 0.567. The molecule has 0 fully saturated rings. The molecule has 0 amide bonds. The van der Waals surface area contributed by atoms with Crippen LogP contribution >= 0.6 is 27.3 Å². The molecular weight excluding hydrogens is 440 g/mol. The smallest absolute Gasteiger partial charge is 0.222 e. The number of methoxy groups -OCH3 is 1. The van der Waals surface area contributed by atoms with Crippen molar-refractivity contribution in [2.75, 3.05) is 7.11 Å². The van der Waals surface area contributed by atoms with Crippen LogP contribution in [-0.2, 0) is 0 Å². The second kappa shape index (κ2) is 6.83. The van der Waals surface area contributed by atoms with Crippen LogP contribution in [0.15, 0.2) is 63.5 Å². The largest absolute Gasteiger partial charge is 0.507 e. The maximum absolute atomic E-state index is 10.4. The van der Waals surface area contributed by atoms with Crippen molar-refractivity contribution in [2.45, 2.75) is 18.7 Å². The highest BCUT2D eigenvalue weighted by Gasteiger charge is 2.41. The topological polar surface area (TPSA) is 54.3 Å². The summed E-state index contributed by atoms with van der Waals surface area (Å²) in [7, 11) is 1.62. The van der Waals surface area contributed by atoms with E-state index in [1.165, 1.54) is 0 Å². The Labute approximate surface area is 175 Å². The predicted molar refractivity (Wildman–Crippen MR) is 112 cm³/mol. The van der Waals surface area contributed by atoms with Crippen LogP contribution in [0, 0.1) is 0 Å². The van der Waals surface area contributed by atoms with Gasteiger partial charge in [-0.2, -0.15) is 5.10 Å². The number of fused-ring (bicyclic) bond motifs is 3. The lowest BCUT2D eigenvalue weighted by molar-refractivity contribution is -0.0166. The van der Waals surface area contributed by atoms with Gasteiger partial charge in [-0.15, -0.1) is 11.3 Å². The number of nitrogens with zero attached hydrogens (tertiary/aromatic N) is 2. The minimum atomic E-state index is -0.288. The molecule has 142 valence electrons. The van der Waals surface area contributed by atoms with Crippen LogP contribution in [0.25, 0.3) is 0 Å². The summed E-state index contributed by atoms with van der Waals surface area (Å²) in [4.78, 5) is 1.10. The summed E-state index contributed by atoms with van der Waals surface area (Å²) in [6.45, 7) is 0. The van der Waals surface area contributed by atoms with Crippen LogP contribution in [0.5, 0.6) is 17.2 Å². The number of hydrogen-bond acceptors (Lipinski definition) is 6. The van der Waals surface area contributed by atoms with E-state index in [1.54, 1.807) is 30.6 Å². The second-order valence-corrected chi connectivity index (χ2v) is 8.59. The predicted octanol–water partition coefficient (Wildman–Crippen LogP) is 5.47. The Kier molecular flexibility index (Phi) is 4.29. The molecule has 28 heavy (non-hydrogen) atoms. The van der Waals surface area contributed by atoms with Gasteiger partial charge in [0.25, 0.3) is 0 Å². The van der Waals surface area contributed by atoms with Gasteiger partial charge in [-0.3, -0.25) is 0 Å². The van der Waals surface area contributed by atoms with E-state index in [9.17, 15) is 5.11 Å². The van der Waals surface area contributed by atoms with Gasteiger partial charge in [0.2, 0.25) is 6.23 Å². The zero-order valence-electron chi connectivity index (χ0n) is 15.0. The molecule has 2 aromatic carbocycles. The van der Waals surface area contributed by atoms with Gasteiger partial charge in [0.15, 0.2) is 0 Å². The fourth-order valence-electron chi connectivity index (χ4n) is 3.71. The number of aromatic hydroxyl groups is 1. The number of benzene rings is 2. The summed E-state index contributed by atoms with van der Waals surface area (Å²) < 4.78 is 12.7. The second-order valence-electron chi connectivity index (χ2n) is 6.70. The lowest BCUT2D eigenvalue weighted by Gasteiger charge is -2.37. The van der Waals surface area contributed by atoms with Crippen LogP contribution in [0.4, 0.5) is 0 Å². The lowest BCUT2D eigenvalue weighted by Crippen LogP contribution is -2.33. The molecule has 0 spiro atoms. The first-order valence-electron chi connectivity index (χ1n) is 8.87. The summed E-state index contributed by atoms with van der Waals surface area (Å²) in [6.07, 6.45) is 0.388. The Hall–Kier alpha value is -2.51. The Bertz CT molecular complexity index is 1070. The average Bonchev–Trinajstić information content (AvgIpc) is 3.38. The van der Waals surface area contributed by atoms with Crippen molar-refractivity contribution in [3.05, 3.63) is 74.4 Å². The zero-order chi connectivity index (χ0) is 19.3. The third-order valence-corrected chi connectivity index (χ3v) is 6.45. The molecule has 0 saturated heterocycles.